The van der Waals surface area contributed by atoms with E-state index in [-0.39, 0.29) is 5.75 Å². The van der Waals surface area contributed by atoms with Gasteiger partial charge in [-0.25, -0.2) is 4.39 Å². The van der Waals surface area contributed by atoms with E-state index in [1.54, 1.807) is 12.4 Å². The molecule has 0 amide bonds. The van der Waals surface area contributed by atoms with Gasteiger partial charge in [0.1, 0.15) is 6.33 Å². The minimum Gasteiger partial charge on any atom is -0.490 e. The highest BCUT2D eigenvalue weighted by Gasteiger charge is 2.10. The molecule has 0 aliphatic heterocycles. The van der Waals surface area contributed by atoms with Gasteiger partial charge in [0.2, 0.25) is 0 Å². The lowest BCUT2D eigenvalue weighted by atomic mass is 10.2. The Hall–Kier alpha value is -2.31. The Morgan fingerprint density at radius 3 is 2.90 bits per heavy atom. The topological polar surface area (TPSA) is 78.0 Å². The molecule has 0 radical (unpaired) electrons. The molecule has 0 fully saturated rings. The molecule has 7 heteroatoms. The number of aryl methyl sites for hydroxylation is 1. The SMILES string of the molecule is CCCOc1cc(NCc2nncn2CC)c(N)cc1F. The van der Waals surface area contributed by atoms with Crippen molar-refractivity contribution in [3.63, 3.8) is 0 Å². The molecule has 2 aromatic rings. The lowest BCUT2D eigenvalue weighted by Crippen LogP contribution is -2.09. The van der Waals surface area contributed by atoms with Crippen LogP contribution in [0, 0.1) is 5.82 Å². The van der Waals surface area contributed by atoms with Crippen LogP contribution in [0.4, 0.5) is 15.8 Å². The van der Waals surface area contributed by atoms with Crippen LogP contribution in [0.1, 0.15) is 26.1 Å². The van der Waals surface area contributed by atoms with Gasteiger partial charge >= 0.3 is 0 Å². The highest BCUT2D eigenvalue weighted by atomic mass is 19.1. The van der Waals surface area contributed by atoms with E-state index in [0.717, 1.165) is 18.8 Å². The van der Waals surface area contributed by atoms with Gasteiger partial charge in [-0.3, -0.25) is 0 Å². The molecule has 0 aliphatic carbocycles. The average Bonchev–Trinajstić information content (AvgIpc) is 2.93. The van der Waals surface area contributed by atoms with E-state index < -0.39 is 5.82 Å². The third kappa shape index (κ3) is 3.62. The van der Waals surface area contributed by atoms with Gasteiger partial charge in [-0.2, -0.15) is 0 Å². The summed E-state index contributed by atoms with van der Waals surface area (Å²) in [6, 6.07) is 2.84. The Bertz CT molecular complexity index is 599. The number of anilines is 2. The molecule has 3 N–H and O–H groups in total. The summed E-state index contributed by atoms with van der Waals surface area (Å²) in [5.74, 6) is 0.533. The zero-order chi connectivity index (χ0) is 15.2. The summed E-state index contributed by atoms with van der Waals surface area (Å²) in [5, 5.41) is 11.0. The molecule has 0 aliphatic rings. The van der Waals surface area contributed by atoms with Crippen molar-refractivity contribution in [2.45, 2.75) is 33.4 Å². The first-order chi connectivity index (χ1) is 10.2. The van der Waals surface area contributed by atoms with E-state index in [9.17, 15) is 4.39 Å². The smallest absolute Gasteiger partial charge is 0.167 e. The molecule has 0 saturated heterocycles. The molecule has 0 unspecified atom stereocenters. The predicted octanol–water partition coefficient (Wildman–Crippen LogP) is 2.42. The zero-order valence-corrected chi connectivity index (χ0v) is 12.3. The van der Waals surface area contributed by atoms with Gasteiger partial charge in [0.15, 0.2) is 17.4 Å². The van der Waals surface area contributed by atoms with Gasteiger partial charge < -0.3 is 20.4 Å². The predicted molar refractivity (Wildman–Crippen MR) is 79.6 cm³/mol. The van der Waals surface area contributed by atoms with E-state index in [1.807, 2.05) is 18.4 Å². The van der Waals surface area contributed by atoms with E-state index in [2.05, 4.69) is 15.5 Å². The summed E-state index contributed by atoms with van der Waals surface area (Å²) in [7, 11) is 0. The number of aromatic nitrogens is 3. The zero-order valence-electron chi connectivity index (χ0n) is 12.3. The molecule has 114 valence electrons. The number of hydrogen-bond acceptors (Lipinski definition) is 5. The van der Waals surface area contributed by atoms with Gasteiger partial charge in [-0.1, -0.05) is 6.92 Å². The Morgan fingerprint density at radius 1 is 1.38 bits per heavy atom. The summed E-state index contributed by atoms with van der Waals surface area (Å²) in [4.78, 5) is 0. The van der Waals surface area contributed by atoms with Gasteiger partial charge in [-0.05, 0) is 13.3 Å². The Kier molecular flexibility index (Phi) is 4.97. The van der Waals surface area contributed by atoms with Crippen LogP contribution in [0.5, 0.6) is 5.75 Å². The number of halogens is 1. The summed E-state index contributed by atoms with van der Waals surface area (Å²) < 4.78 is 21.0. The van der Waals surface area contributed by atoms with Crippen molar-refractivity contribution in [3.8, 4) is 5.75 Å². The molecule has 0 saturated carbocycles. The van der Waals surface area contributed by atoms with E-state index >= 15 is 0 Å². The Labute approximate surface area is 123 Å². The standard InChI is InChI=1S/C14H20FN5O/c1-3-5-21-13-7-12(11(16)6-10(13)15)17-8-14-19-18-9-20(14)4-2/h6-7,9,17H,3-5,8,16H2,1-2H3. The van der Waals surface area contributed by atoms with Crippen LogP contribution in [-0.4, -0.2) is 21.4 Å². The second-order valence-corrected chi connectivity index (χ2v) is 4.61. The number of nitrogens with zero attached hydrogens (tertiary/aromatic N) is 3. The van der Waals surface area contributed by atoms with Gasteiger partial charge in [0.25, 0.3) is 0 Å². The van der Waals surface area contributed by atoms with E-state index in [0.29, 0.717) is 24.5 Å². The lowest BCUT2D eigenvalue weighted by Gasteiger charge is -2.13. The fraction of sp³-hybridized carbons (Fsp3) is 0.429. The molecule has 1 aromatic heterocycles. The van der Waals surface area contributed by atoms with Gasteiger partial charge in [0.05, 0.1) is 24.5 Å². The van der Waals surface area contributed by atoms with E-state index in [1.165, 1.54) is 6.07 Å². The maximum absolute atomic E-state index is 13.7. The quantitative estimate of drug-likeness (QED) is 0.767. The largest absolute Gasteiger partial charge is 0.490 e. The maximum Gasteiger partial charge on any atom is 0.167 e. The molecule has 21 heavy (non-hydrogen) atoms. The van der Waals surface area contributed by atoms with Crippen molar-refractivity contribution in [2.75, 3.05) is 17.7 Å². The molecule has 0 spiro atoms. The molecular formula is C14H20FN5O. The number of hydrogen-bond donors (Lipinski definition) is 2. The number of benzene rings is 1. The van der Waals surface area contributed by atoms with Crippen molar-refractivity contribution in [1.82, 2.24) is 14.8 Å². The fourth-order valence-corrected chi connectivity index (χ4v) is 1.90. The third-order valence-corrected chi connectivity index (χ3v) is 3.04. The first-order valence-corrected chi connectivity index (χ1v) is 6.98. The van der Waals surface area contributed by atoms with Crippen LogP contribution >= 0.6 is 0 Å². The summed E-state index contributed by atoms with van der Waals surface area (Å²) in [6.07, 6.45) is 2.48. The highest BCUT2D eigenvalue weighted by Crippen LogP contribution is 2.28. The van der Waals surface area contributed by atoms with Gasteiger partial charge in [-0.15, -0.1) is 10.2 Å². The molecule has 1 aromatic carbocycles. The number of rotatable bonds is 7. The molecule has 0 bridgehead atoms. The summed E-state index contributed by atoms with van der Waals surface area (Å²) in [5.41, 5.74) is 6.78. The average molecular weight is 293 g/mol. The fourth-order valence-electron chi connectivity index (χ4n) is 1.90. The van der Waals surface area contributed by atoms with Crippen LogP contribution < -0.4 is 15.8 Å². The molecule has 0 atom stereocenters. The number of nitrogens with two attached hydrogens (primary N) is 1. The van der Waals surface area contributed by atoms with Crippen molar-refractivity contribution in [2.24, 2.45) is 0 Å². The summed E-state index contributed by atoms with van der Waals surface area (Å²) in [6.45, 7) is 5.68. The van der Waals surface area contributed by atoms with Crippen LogP contribution in [-0.2, 0) is 13.1 Å². The minimum atomic E-state index is -0.455. The second kappa shape index (κ2) is 6.92. The second-order valence-electron chi connectivity index (χ2n) is 4.61. The van der Waals surface area contributed by atoms with Crippen molar-refractivity contribution in [1.29, 1.82) is 0 Å². The normalized spacial score (nSPS) is 10.6. The molecular weight excluding hydrogens is 273 g/mol. The highest BCUT2D eigenvalue weighted by molar-refractivity contribution is 5.68. The lowest BCUT2D eigenvalue weighted by molar-refractivity contribution is 0.301. The van der Waals surface area contributed by atoms with Crippen molar-refractivity contribution in [3.05, 3.63) is 30.1 Å². The number of ether oxygens (including phenoxy) is 1. The molecule has 1 heterocycles. The van der Waals surface area contributed by atoms with Crippen LogP contribution in [0.15, 0.2) is 18.5 Å². The van der Waals surface area contributed by atoms with Crippen LogP contribution in [0.25, 0.3) is 0 Å². The monoisotopic (exact) mass is 293 g/mol. The molecule has 6 nitrogen and oxygen atoms in total. The van der Waals surface area contributed by atoms with Gasteiger partial charge in [0, 0.05) is 18.7 Å². The first kappa shape index (κ1) is 15.1. The minimum absolute atomic E-state index is 0.200. The number of nitrogen functional groups attached to an aromatic ring is 1. The number of nitrogens with one attached hydrogen (secondary N) is 1. The van der Waals surface area contributed by atoms with Crippen molar-refractivity contribution < 1.29 is 9.13 Å². The van der Waals surface area contributed by atoms with Crippen molar-refractivity contribution >= 4 is 11.4 Å². The van der Waals surface area contributed by atoms with E-state index in [4.69, 9.17) is 10.5 Å². The third-order valence-electron chi connectivity index (χ3n) is 3.04. The van der Waals surface area contributed by atoms with Crippen LogP contribution in [0.2, 0.25) is 0 Å². The molecule has 2 rings (SSSR count). The Balaban J connectivity index is 2.12. The first-order valence-electron chi connectivity index (χ1n) is 6.98. The maximum atomic E-state index is 13.7. The van der Waals surface area contributed by atoms with Crippen LogP contribution in [0.3, 0.4) is 0 Å². The Morgan fingerprint density at radius 2 is 2.19 bits per heavy atom. The summed E-state index contributed by atoms with van der Waals surface area (Å²) >= 11 is 0.